The fourth-order valence-corrected chi connectivity index (χ4v) is 1.13. The first-order chi connectivity index (χ1) is 7.61. The Balaban J connectivity index is 2.49. The number of halogens is 1. The van der Waals surface area contributed by atoms with Crippen LogP contribution in [0.1, 0.15) is 6.92 Å². The maximum absolute atomic E-state index is 10.6. The summed E-state index contributed by atoms with van der Waals surface area (Å²) in [6.45, 7) is 1.21. The normalized spacial score (nSPS) is 11.9. The molecule has 0 aliphatic rings. The third-order valence-electron chi connectivity index (χ3n) is 1.66. The van der Waals surface area contributed by atoms with E-state index in [4.69, 9.17) is 9.84 Å². The number of nitrogens with zero attached hydrogens (tertiary/aromatic N) is 2. The van der Waals surface area contributed by atoms with Crippen molar-refractivity contribution in [1.29, 1.82) is 0 Å². The number of aromatic nitrogens is 2. The van der Waals surface area contributed by atoms with Crippen LogP contribution in [-0.2, 0) is 9.53 Å². The Kier molecular flexibility index (Phi) is 5.13. The van der Waals surface area contributed by atoms with Crippen LogP contribution in [0.15, 0.2) is 16.9 Å². The van der Waals surface area contributed by atoms with Crippen molar-refractivity contribution in [3.63, 3.8) is 0 Å². The number of hydrogen-bond acceptors (Lipinski definition) is 6. The van der Waals surface area contributed by atoms with Crippen LogP contribution in [0.5, 0.6) is 0 Å². The van der Waals surface area contributed by atoms with Gasteiger partial charge >= 0.3 is 5.97 Å². The second-order valence-electron chi connectivity index (χ2n) is 3.05. The van der Waals surface area contributed by atoms with Crippen molar-refractivity contribution in [3.8, 4) is 0 Å². The molecular formula is C9H12BrN3O3. The number of carbonyl (C=O) groups excluding carboxylic acids is 1. The van der Waals surface area contributed by atoms with Crippen molar-refractivity contribution < 1.29 is 14.6 Å². The highest BCUT2D eigenvalue weighted by Crippen LogP contribution is 2.07. The fraction of sp³-hybridized carbons (Fsp3) is 0.444. The maximum Gasteiger partial charge on any atom is 0.302 e. The van der Waals surface area contributed by atoms with Crippen LogP contribution in [0, 0.1) is 0 Å². The molecule has 7 heteroatoms. The number of nitrogens with one attached hydrogen (secondary N) is 1. The largest absolute Gasteiger partial charge is 0.464 e. The lowest BCUT2D eigenvalue weighted by Gasteiger charge is -2.15. The smallest absolute Gasteiger partial charge is 0.302 e. The van der Waals surface area contributed by atoms with Gasteiger partial charge in [-0.05, 0) is 15.9 Å². The van der Waals surface area contributed by atoms with Crippen LogP contribution < -0.4 is 5.32 Å². The van der Waals surface area contributed by atoms with Gasteiger partial charge in [0.05, 0.1) is 17.1 Å². The lowest BCUT2D eigenvalue weighted by atomic mass is 10.3. The van der Waals surface area contributed by atoms with E-state index in [0.29, 0.717) is 5.95 Å². The summed E-state index contributed by atoms with van der Waals surface area (Å²) in [5, 5.41) is 11.9. The van der Waals surface area contributed by atoms with E-state index in [1.807, 2.05) is 0 Å². The van der Waals surface area contributed by atoms with E-state index in [9.17, 15) is 4.79 Å². The van der Waals surface area contributed by atoms with Crippen LogP contribution in [0.25, 0.3) is 0 Å². The molecule has 0 amide bonds. The molecule has 1 rings (SSSR count). The molecule has 0 aromatic carbocycles. The molecular weight excluding hydrogens is 278 g/mol. The predicted octanol–water partition coefficient (Wildman–Crippen LogP) is 0.575. The van der Waals surface area contributed by atoms with Crippen molar-refractivity contribution in [1.82, 2.24) is 9.97 Å². The molecule has 1 aromatic rings. The number of anilines is 1. The number of ether oxygens (including phenoxy) is 1. The molecule has 2 N–H and O–H groups in total. The Morgan fingerprint density at radius 3 is 2.75 bits per heavy atom. The summed E-state index contributed by atoms with van der Waals surface area (Å²) in [5.74, 6) is -0.0219. The lowest BCUT2D eigenvalue weighted by molar-refractivity contribution is -0.141. The first-order valence-electron chi connectivity index (χ1n) is 4.60. The van der Waals surface area contributed by atoms with Crippen LogP contribution >= 0.6 is 15.9 Å². The zero-order valence-electron chi connectivity index (χ0n) is 8.68. The minimum Gasteiger partial charge on any atom is -0.464 e. The van der Waals surface area contributed by atoms with Crippen molar-refractivity contribution in [2.24, 2.45) is 0 Å². The summed E-state index contributed by atoms with van der Waals surface area (Å²) in [5.41, 5.74) is 0. The predicted molar refractivity (Wildman–Crippen MR) is 60.9 cm³/mol. The first-order valence-corrected chi connectivity index (χ1v) is 5.39. The molecule has 0 saturated heterocycles. The number of hydrogen-bond donors (Lipinski definition) is 2. The van der Waals surface area contributed by atoms with Crippen LogP contribution in [0.2, 0.25) is 0 Å². The Morgan fingerprint density at radius 1 is 1.62 bits per heavy atom. The van der Waals surface area contributed by atoms with E-state index in [2.05, 4.69) is 31.2 Å². The zero-order chi connectivity index (χ0) is 12.0. The molecule has 0 radical (unpaired) electrons. The Morgan fingerprint density at radius 2 is 2.25 bits per heavy atom. The minimum absolute atomic E-state index is 0.0747. The molecule has 0 aliphatic carbocycles. The number of rotatable bonds is 5. The first kappa shape index (κ1) is 12.9. The topological polar surface area (TPSA) is 84.3 Å². The van der Waals surface area contributed by atoms with Gasteiger partial charge in [0.15, 0.2) is 0 Å². The molecule has 0 spiro atoms. The van der Waals surface area contributed by atoms with E-state index in [0.717, 1.165) is 4.47 Å². The van der Waals surface area contributed by atoms with Crippen molar-refractivity contribution >= 4 is 27.8 Å². The summed E-state index contributed by atoms with van der Waals surface area (Å²) in [7, 11) is 0. The zero-order valence-corrected chi connectivity index (χ0v) is 10.3. The molecule has 1 atom stereocenters. The maximum atomic E-state index is 10.6. The number of aliphatic hydroxyl groups excluding tert-OH is 1. The monoisotopic (exact) mass is 289 g/mol. The number of aliphatic hydroxyl groups is 1. The standard InChI is InChI=1S/C9H12BrN3O3/c1-6(15)16-5-8(4-14)13-9-11-2-7(10)3-12-9/h2-3,8,14H,4-5H2,1H3,(H,11,12,13). The lowest BCUT2D eigenvalue weighted by Crippen LogP contribution is -2.30. The fourth-order valence-electron chi connectivity index (χ4n) is 0.927. The summed E-state index contributed by atoms with van der Waals surface area (Å²) in [4.78, 5) is 18.5. The third-order valence-corrected chi connectivity index (χ3v) is 2.07. The van der Waals surface area contributed by atoms with Gasteiger partial charge in [0.25, 0.3) is 0 Å². The average molecular weight is 290 g/mol. The van der Waals surface area contributed by atoms with Gasteiger partial charge in [0.1, 0.15) is 6.61 Å². The molecule has 16 heavy (non-hydrogen) atoms. The van der Waals surface area contributed by atoms with E-state index in [1.54, 1.807) is 12.4 Å². The molecule has 1 unspecified atom stereocenters. The molecule has 0 bridgehead atoms. The summed E-state index contributed by atoms with van der Waals surface area (Å²) in [6.07, 6.45) is 3.16. The number of esters is 1. The Bertz CT molecular complexity index is 344. The highest BCUT2D eigenvalue weighted by atomic mass is 79.9. The van der Waals surface area contributed by atoms with E-state index in [1.165, 1.54) is 6.92 Å². The SMILES string of the molecule is CC(=O)OCC(CO)Nc1ncc(Br)cn1. The van der Waals surface area contributed by atoms with Gasteiger partial charge < -0.3 is 15.2 Å². The molecule has 88 valence electrons. The van der Waals surface area contributed by atoms with Crippen LogP contribution in [-0.4, -0.2) is 40.3 Å². The van der Waals surface area contributed by atoms with Gasteiger partial charge in [-0.25, -0.2) is 9.97 Å². The van der Waals surface area contributed by atoms with Gasteiger partial charge in [0, 0.05) is 19.3 Å². The minimum atomic E-state index is -0.412. The van der Waals surface area contributed by atoms with Gasteiger partial charge in [-0.2, -0.15) is 0 Å². The molecule has 0 aliphatic heterocycles. The second-order valence-corrected chi connectivity index (χ2v) is 3.97. The highest BCUT2D eigenvalue weighted by Gasteiger charge is 2.10. The molecule has 0 saturated carbocycles. The van der Waals surface area contributed by atoms with Gasteiger partial charge in [-0.15, -0.1) is 0 Å². The average Bonchev–Trinajstić information content (AvgIpc) is 2.26. The third kappa shape index (κ3) is 4.54. The van der Waals surface area contributed by atoms with Crippen molar-refractivity contribution in [2.45, 2.75) is 13.0 Å². The van der Waals surface area contributed by atoms with Crippen LogP contribution in [0.3, 0.4) is 0 Å². The second kappa shape index (κ2) is 6.39. The molecule has 6 nitrogen and oxygen atoms in total. The Hall–Kier alpha value is -1.21. The van der Waals surface area contributed by atoms with Crippen LogP contribution in [0.4, 0.5) is 5.95 Å². The summed E-state index contributed by atoms with van der Waals surface area (Å²) < 4.78 is 5.53. The van der Waals surface area contributed by atoms with Crippen molar-refractivity contribution in [3.05, 3.63) is 16.9 Å². The van der Waals surface area contributed by atoms with Gasteiger partial charge in [0.2, 0.25) is 5.95 Å². The molecule has 0 fully saturated rings. The summed E-state index contributed by atoms with van der Waals surface area (Å²) >= 11 is 3.21. The Labute approximate surface area is 101 Å². The van der Waals surface area contributed by atoms with E-state index < -0.39 is 12.0 Å². The molecule has 1 aromatic heterocycles. The van der Waals surface area contributed by atoms with Gasteiger partial charge in [-0.3, -0.25) is 4.79 Å². The van der Waals surface area contributed by atoms with Gasteiger partial charge in [-0.1, -0.05) is 0 Å². The molecule has 1 heterocycles. The number of carbonyl (C=O) groups is 1. The van der Waals surface area contributed by atoms with Crippen molar-refractivity contribution in [2.75, 3.05) is 18.5 Å². The highest BCUT2D eigenvalue weighted by molar-refractivity contribution is 9.10. The summed E-state index contributed by atoms with van der Waals surface area (Å²) in [6, 6.07) is -0.412. The van der Waals surface area contributed by atoms with E-state index >= 15 is 0 Å². The quantitative estimate of drug-likeness (QED) is 0.771. The van der Waals surface area contributed by atoms with E-state index in [-0.39, 0.29) is 13.2 Å².